The predicted octanol–water partition coefficient (Wildman–Crippen LogP) is 2.62. The molecule has 0 aromatic carbocycles. The van der Waals surface area contributed by atoms with Crippen LogP contribution in [0.2, 0.25) is 0 Å². The van der Waals surface area contributed by atoms with Crippen LogP contribution in [0.5, 0.6) is 0 Å². The van der Waals surface area contributed by atoms with Crippen LogP contribution in [0, 0.1) is 23.7 Å². The molecule has 4 atom stereocenters. The van der Waals surface area contributed by atoms with Gasteiger partial charge in [0.25, 0.3) is 0 Å². The van der Waals surface area contributed by atoms with E-state index in [1.165, 1.54) is 44.9 Å². The first-order chi connectivity index (χ1) is 8.84. The van der Waals surface area contributed by atoms with Crippen LogP contribution in [0.15, 0.2) is 0 Å². The fourth-order valence-corrected chi connectivity index (χ4v) is 5.03. The van der Waals surface area contributed by atoms with Crippen molar-refractivity contribution in [2.75, 3.05) is 13.1 Å². The first kappa shape index (κ1) is 11.1. The zero-order chi connectivity index (χ0) is 12.1. The van der Waals surface area contributed by atoms with E-state index in [1.807, 2.05) is 0 Å². The number of amides is 2. The van der Waals surface area contributed by atoms with E-state index in [1.54, 1.807) is 0 Å². The van der Waals surface area contributed by atoms with Gasteiger partial charge in [-0.2, -0.15) is 0 Å². The van der Waals surface area contributed by atoms with Crippen molar-refractivity contribution in [1.29, 1.82) is 0 Å². The lowest BCUT2D eigenvalue weighted by molar-refractivity contribution is 0.197. The van der Waals surface area contributed by atoms with Gasteiger partial charge >= 0.3 is 6.03 Å². The maximum atomic E-state index is 12.3. The van der Waals surface area contributed by atoms with E-state index in [4.69, 9.17) is 0 Å². The number of hydrogen-bond acceptors (Lipinski definition) is 1. The Morgan fingerprint density at radius 2 is 1.56 bits per heavy atom. The normalized spacial score (nSPS) is 45.6. The third-order valence-corrected chi connectivity index (χ3v) is 5.92. The van der Waals surface area contributed by atoms with Crippen LogP contribution in [0.25, 0.3) is 0 Å². The van der Waals surface area contributed by atoms with Crippen LogP contribution < -0.4 is 5.32 Å². The molecule has 4 rings (SSSR count). The van der Waals surface area contributed by atoms with E-state index in [-0.39, 0.29) is 6.03 Å². The van der Waals surface area contributed by atoms with Crippen molar-refractivity contribution in [3.63, 3.8) is 0 Å². The molecule has 3 aliphatic carbocycles. The molecule has 0 radical (unpaired) electrons. The van der Waals surface area contributed by atoms with Crippen molar-refractivity contribution in [3.05, 3.63) is 0 Å². The molecule has 4 fully saturated rings. The lowest BCUT2D eigenvalue weighted by Crippen LogP contribution is -2.42. The van der Waals surface area contributed by atoms with Crippen molar-refractivity contribution in [1.82, 2.24) is 10.2 Å². The monoisotopic (exact) mass is 248 g/mol. The Kier molecular flexibility index (Phi) is 2.56. The first-order valence-corrected chi connectivity index (χ1v) is 7.90. The predicted molar refractivity (Wildman–Crippen MR) is 70.2 cm³/mol. The summed E-state index contributed by atoms with van der Waals surface area (Å²) in [5, 5.41) is 3.34. The summed E-state index contributed by atoms with van der Waals surface area (Å²) in [6, 6.07) is 0.780. The summed E-state index contributed by atoms with van der Waals surface area (Å²) in [6.07, 6.45) is 9.30. The Balaban J connectivity index is 1.34. The smallest absolute Gasteiger partial charge is 0.317 e. The number of likely N-dealkylation sites (tertiary alicyclic amines) is 1. The minimum absolute atomic E-state index is 0.232. The molecule has 0 spiro atoms. The Labute approximate surface area is 109 Å². The summed E-state index contributed by atoms with van der Waals surface area (Å²) in [6.45, 7) is 1.95. The summed E-state index contributed by atoms with van der Waals surface area (Å²) in [5.41, 5.74) is 0. The molecule has 100 valence electrons. The molecule has 3 nitrogen and oxygen atoms in total. The maximum Gasteiger partial charge on any atom is 0.317 e. The molecular weight excluding hydrogens is 224 g/mol. The summed E-state index contributed by atoms with van der Waals surface area (Å²) in [4.78, 5) is 14.3. The Hall–Kier alpha value is -0.730. The van der Waals surface area contributed by atoms with Gasteiger partial charge in [0.1, 0.15) is 0 Å². The molecule has 1 heterocycles. The quantitative estimate of drug-likeness (QED) is 0.760. The van der Waals surface area contributed by atoms with E-state index < -0.39 is 0 Å². The van der Waals surface area contributed by atoms with Crippen molar-refractivity contribution in [3.8, 4) is 0 Å². The number of nitrogens with one attached hydrogen (secondary N) is 1. The average molecular weight is 248 g/mol. The molecule has 1 aliphatic heterocycles. The number of fused-ring (bicyclic) bond motifs is 5. The second-order valence-electron chi connectivity index (χ2n) is 6.86. The summed E-state index contributed by atoms with van der Waals surface area (Å²) < 4.78 is 0. The number of rotatable bonds is 1. The highest BCUT2D eigenvalue weighted by atomic mass is 16.2. The highest BCUT2D eigenvalue weighted by Crippen LogP contribution is 2.65. The van der Waals surface area contributed by atoms with Crippen molar-refractivity contribution in [2.45, 2.75) is 51.0 Å². The zero-order valence-electron chi connectivity index (χ0n) is 11.1. The Bertz CT molecular complexity index is 332. The zero-order valence-corrected chi connectivity index (χ0v) is 11.1. The second-order valence-corrected chi connectivity index (χ2v) is 6.86. The van der Waals surface area contributed by atoms with E-state index in [2.05, 4.69) is 10.2 Å². The number of urea groups is 1. The highest BCUT2D eigenvalue weighted by Gasteiger charge is 2.65. The molecule has 1 saturated heterocycles. The molecule has 18 heavy (non-hydrogen) atoms. The lowest BCUT2D eigenvalue weighted by Gasteiger charge is -2.22. The molecule has 1 N–H and O–H groups in total. The standard InChI is InChI=1S/C15H24N2O/c18-15(17-7-3-1-2-4-8-17)16-14-12-10-5-6-11(9-10)13(12)14/h10-14H,1-9H2,(H,16,18). The third kappa shape index (κ3) is 1.66. The van der Waals surface area contributed by atoms with Crippen molar-refractivity contribution in [2.24, 2.45) is 23.7 Å². The molecular formula is C15H24N2O. The summed E-state index contributed by atoms with van der Waals surface area (Å²) >= 11 is 0. The first-order valence-electron chi connectivity index (χ1n) is 7.90. The van der Waals surface area contributed by atoms with Crippen LogP contribution in [-0.4, -0.2) is 30.1 Å². The van der Waals surface area contributed by atoms with Gasteiger partial charge in [0.15, 0.2) is 0 Å². The topological polar surface area (TPSA) is 32.3 Å². The van der Waals surface area contributed by atoms with Gasteiger partial charge in [-0.25, -0.2) is 4.79 Å². The van der Waals surface area contributed by atoms with Crippen LogP contribution in [0.3, 0.4) is 0 Å². The fourth-order valence-electron chi connectivity index (χ4n) is 5.03. The number of hydrogen-bond donors (Lipinski definition) is 1. The van der Waals surface area contributed by atoms with Gasteiger partial charge in [-0.1, -0.05) is 12.8 Å². The minimum atomic E-state index is 0.232. The molecule has 2 amide bonds. The fraction of sp³-hybridized carbons (Fsp3) is 0.933. The van der Waals surface area contributed by atoms with Crippen molar-refractivity contribution < 1.29 is 4.79 Å². The van der Waals surface area contributed by atoms with E-state index >= 15 is 0 Å². The molecule has 2 bridgehead atoms. The number of carbonyl (C=O) groups is 1. The Morgan fingerprint density at radius 3 is 2.17 bits per heavy atom. The van der Waals surface area contributed by atoms with E-state index in [0.717, 1.165) is 36.8 Å². The van der Waals surface area contributed by atoms with Gasteiger partial charge < -0.3 is 10.2 Å². The third-order valence-electron chi connectivity index (χ3n) is 5.92. The number of nitrogens with zero attached hydrogens (tertiary/aromatic N) is 1. The van der Waals surface area contributed by atoms with Gasteiger partial charge in [-0.15, -0.1) is 0 Å². The van der Waals surface area contributed by atoms with Gasteiger partial charge in [-0.3, -0.25) is 0 Å². The van der Waals surface area contributed by atoms with Crippen molar-refractivity contribution >= 4 is 6.03 Å². The second kappa shape index (κ2) is 4.14. The largest absolute Gasteiger partial charge is 0.335 e. The van der Waals surface area contributed by atoms with E-state index in [0.29, 0.717) is 6.04 Å². The van der Waals surface area contributed by atoms with Crippen LogP contribution >= 0.6 is 0 Å². The Morgan fingerprint density at radius 1 is 0.944 bits per heavy atom. The van der Waals surface area contributed by atoms with Crippen LogP contribution in [0.1, 0.15) is 44.9 Å². The van der Waals surface area contributed by atoms with Crippen LogP contribution in [0.4, 0.5) is 4.79 Å². The molecule has 4 unspecified atom stereocenters. The molecule has 3 heteroatoms. The number of carbonyl (C=O) groups excluding carboxylic acids is 1. The molecule has 0 aromatic rings. The molecule has 4 aliphatic rings. The summed E-state index contributed by atoms with van der Waals surface area (Å²) in [7, 11) is 0. The minimum Gasteiger partial charge on any atom is -0.335 e. The highest BCUT2D eigenvalue weighted by molar-refractivity contribution is 5.75. The SMILES string of the molecule is O=C(NC1C2C3CCC(C3)C12)N1CCCCCC1. The van der Waals surface area contributed by atoms with Gasteiger partial charge in [0.05, 0.1) is 0 Å². The van der Waals surface area contributed by atoms with Gasteiger partial charge in [0, 0.05) is 19.1 Å². The van der Waals surface area contributed by atoms with Crippen LogP contribution in [-0.2, 0) is 0 Å². The maximum absolute atomic E-state index is 12.3. The van der Waals surface area contributed by atoms with Gasteiger partial charge in [0.2, 0.25) is 0 Å². The molecule has 3 saturated carbocycles. The van der Waals surface area contributed by atoms with E-state index in [9.17, 15) is 4.79 Å². The molecule has 0 aromatic heterocycles. The van der Waals surface area contributed by atoms with Gasteiger partial charge in [-0.05, 0) is 55.8 Å². The summed E-state index contributed by atoms with van der Waals surface area (Å²) in [5.74, 6) is 3.63. The average Bonchev–Trinajstić information content (AvgIpc) is 2.88. The lowest BCUT2D eigenvalue weighted by atomic mass is 10.0.